The fourth-order valence-corrected chi connectivity index (χ4v) is 6.66. The average Bonchev–Trinajstić information content (AvgIpc) is 2.85. The summed E-state index contributed by atoms with van der Waals surface area (Å²) in [6, 6.07) is 0. The SMILES string of the molecule is CCc1nc(C2CSC(C)C(C)S2)sc1CNCC(C)C. The Kier molecular flexibility index (Phi) is 6.91. The molecule has 0 spiro atoms. The van der Waals surface area contributed by atoms with Crippen LogP contribution in [0, 0.1) is 5.92 Å². The van der Waals surface area contributed by atoms with Crippen molar-refractivity contribution in [2.24, 2.45) is 5.92 Å². The Balaban J connectivity index is 2.02. The van der Waals surface area contributed by atoms with Crippen LogP contribution in [-0.2, 0) is 13.0 Å². The molecule has 0 radical (unpaired) electrons. The van der Waals surface area contributed by atoms with Crippen LogP contribution in [0.15, 0.2) is 0 Å². The summed E-state index contributed by atoms with van der Waals surface area (Å²) in [7, 11) is 0. The molecule has 3 atom stereocenters. The Morgan fingerprint density at radius 3 is 2.67 bits per heavy atom. The molecule has 2 rings (SSSR count). The minimum Gasteiger partial charge on any atom is -0.312 e. The van der Waals surface area contributed by atoms with Gasteiger partial charge in [0.1, 0.15) is 5.01 Å². The molecule has 2 nitrogen and oxygen atoms in total. The number of hydrogen-bond acceptors (Lipinski definition) is 5. The number of hydrogen-bond donors (Lipinski definition) is 1. The monoisotopic (exact) mass is 344 g/mol. The van der Waals surface area contributed by atoms with Gasteiger partial charge in [-0.25, -0.2) is 4.98 Å². The summed E-state index contributed by atoms with van der Waals surface area (Å²) in [5.74, 6) is 1.92. The van der Waals surface area contributed by atoms with Gasteiger partial charge in [-0.3, -0.25) is 0 Å². The lowest BCUT2D eigenvalue weighted by molar-refractivity contribution is 0.553. The smallest absolute Gasteiger partial charge is 0.107 e. The molecule has 0 aromatic carbocycles. The first-order valence-electron chi connectivity index (χ1n) is 7.97. The van der Waals surface area contributed by atoms with E-state index in [0.29, 0.717) is 11.2 Å². The van der Waals surface area contributed by atoms with Gasteiger partial charge in [0.2, 0.25) is 0 Å². The van der Waals surface area contributed by atoms with E-state index in [2.05, 4.69) is 63.5 Å². The summed E-state index contributed by atoms with van der Waals surface area (Å²) in [6.07, 6.45) is 1.05. The molecule has 0 amide bonds. The molecule has 1 aromatic rings. The summed E-state index contributed by atoms with van der Waals surface area (Å²) in [5, 5.41) is 7.01. The Labute approximate surface area is 142 Å². The van der Waals surface area contributed by atoms with Crippen molar-refractivity contribution in [3.05, 3.63) is 15.6 Å². The van der Waals surface area contributed by atoms with Gasteiger partial charge in [-0.05, 0) is 18.9 Å². The highest BCUT2D eigenvalue weighted by Crippen LogP contribution is 2.45. The maximum Gasteiger partial charge on any atom is 0.107 e. The molecule has 1 aliphatic heterocycles. The Bertz CT molecular complexity index is 445. The van der Waals surface area contributed by atoms with E-state index in [1.54, 1.807) is 0 Å². The van der Waals surface area contributed by atoms with Gasteiger partial charge in [-0.2, -0.15) is 11.8 Å². The number of thioether (sulfide) groups is 2. The van der Waals surface area contributed by atoms with Crippen molar-refractivity contribution in [2.45, 2.75) is 63.3 Å². The van der Waals surface area contributed by atoms with E-state index >= 15 is 0 Å². The number of aromatic nitrogens is 1. The average molecular weight is 345 g/mol. The first-order valence-corrected chi connectivity index (χ1v) is 10.8. The largest absolute Gasteiger partial charge is 0.312 e. The highest BCUT2D eigenvalue weighted by atomic mass is 32.2. The molecule has 1 aliphatic rings. The van der Waals surface area contributed by atoms with Crippen molar-refractivity contribution in [1.82, 2.24) is 10.3 Å². The molecular weight excluding hydrogens is 316 g/mol. The van der Waals surface area contributed by atoms with E-state index < -0.39 is 0 Å². The molecule has 0 bridgehead atoms. The summed E-state index contributed by atoms with van der Waals surface area (Å²) < 4.78 is 0. The molecule has 1 aromatic heterocycles. The summed E-state index contributed by atoms with van der Waals surface area (Å²) in [5.41, 5.74) is 1.31. The van der Waals surface area contributed by atoms with Gasteiger partial charge in [-0.1, -0.05) is 34.6 Å². The summed E-state index contributed by atoms with van der Waals surface area (Å²) >= 11 is 6.16. The first-order chi connectivity index (χ1) is 10.0. The van der Waals surface area contributed by atoms with Crippen LogP contribution in [0.5, 0.6) is 0 Å². The Morgan fingerprint density at radius 1 is 1.29 bits per heavy atom. The molecular formula is C16H28N2S3. The highest BCUT2D eigenvalue weighted by Gasteiger charge is 2.29. The van der Waals surface area contributed by atoms with Crippen molar-refractivity contribution < 1.29 is 0 Å². The predicted octanol–water partition coefficient (Wildman–Crippen LogP) is 4.75. The highest BCUT2D eigenvalue weighted by molar-refractivity contribution is 8.07. The van der Waals surface area contributed by atoms with E-state index in [-0.39, 0.29) is 0 Å². The lowest BCUT2D eigenvalue weighted by atomic mass is 10.2. The van der Waals surface area contributed by atoms with E-state index in [4.69, 9.17) is 4.98 Å². The second kappa shape index (κ2) is 8.23. The maximum absolute atomic E-state index is 4.95. The molecule has 2 heterocycles. The van der Waals surface area contributed by atoms with Gasteiger partial charge in [-0.15, -0.1) is 23.1 Å². The van der Waals surface area contributed by atoms with Crippen molar-refractivity contribution >= 4 is 34.9 Å². The van der Waals surface area contributed by atoms with Crippen molar-refractivity contribution in [2.75, 3.05) is 12.3 Å². The van der Waals surface area contributed by atoms with Gasteiger partial charge in [0.15, 0.2) is 0 Å². The number of nitrogens with one attached hydrogen (secondary N) is 1. The molecule has 1 N–H and O–H groups in total. The summed E-state index contributed by atoms with van der Waals surface area (Å²) in [4.78, 5) is 6.40. The zero-order valence-electron chi connectivity index (χ0n) is 13.8. The second-order valence-corrected chi connectivity index (χ2v) is 10.3. The van der Waals surface area contributed by atoms with Crippen LogP contribution >= 0.6 is 34.9 Å². The minimum absolute atomic E-state index is 0.593. The van der Waals surface area contributed by atoms with E-state index in [1.165, 1.54) is 21.3 Å². The van der Waals surface area contributed by atoms with Crippen LogP contribution in [0.25, 0.3) is 0 Å². The lowest BCUT2D eigenvalue weighted by Crippen LogP contribution is -2.21. The van der Waals surface area contributed by atoms with Crippen LogP contribution in [0.2, 0.25) is 0 Å². The maximum atomic E-state index is 4.95. The molecule has 0 aliphatic carbocycles. The Morgan fingerprint density at radius 2 is 2.05 bits per heavy atom. The van der Waals surface area contributed by atoms with Crippen LogP contribution in [-0.4, -0.2) is 27.8 Å². The quantitative estimate of drug-likeness (QED) is 0.805. The van der Waals surface area contributed by atoms with E-state index in [1.807, 2.05) is 11.3 Å². The van der Waals surface area contributed by atoms with Gasteiger partial charge in [0, 0.05) is 27.7 Å². The number of rotatable bonds is 6. The van der Waals surface area contributed by atoms with Crippen LogP contribution in [0.4, 0.5) is 0 Å². The van der Waals surface area contributed by atoms with Crippen LogP contribution in [0.3, 0.4) is 0 Å². The molecule has 3 unspecified atom stereocenters. The van der Waals surface area contributed by atoms with Gasteiger partial charge < -0.3 is 5.32 Å². The van der Waals surface area contributed by atoms with Crippen LogP contribution in [0.1, 0.15) is 55.4 Å². The number of nitrogens with zero attached hydrogens (tertiary/aromatic N) is 1. The molecule has 1 fully saturated rings. The van der Waals surface area contributed by atoms with Crippen molar-refractivity contribution in [3.8, 4) is 0 Å². The summed E-state index contributed by atoms with van der Waals surface area (Å²) in [6.45, 7) is 13.5. The lowest BCUT2D eigenvalue weighted by Gasteiger charge is -2.30. The minimum atomic E-state index is 0.593. The number of aryl methyl sites for hydroxylation is 1. The van der Waals surface area contributed by atoms with E-state index in [0.717, 1.165) is 30.0 Å². The first kappa shape index (κ1) is 17.6. The fraction of sp³-hybridized carbons (Fsp3) is 0.812. The third-order valence-electron chi connectivity index (χ3n) is 3.79. The van der Waals surface area contributed by atoms with Crippen molar-refractivity contribution in [3.63, 3.8) is 0 Å². The standard InChI is InChI=1S/C16H28N2S3/c1-6-13-14(8-17-7-10(2)3)21-16(18-13)15-9-19-11(4)12(5)20-15/h10-12,15,17H,6-9H2,1-5H3. The third kappa shape index (κ3) is 4.88. The van der Waals surface area contributed by atoms with Gasteiger partial charge in [0.05, 0.1) is 10.9 Å². The second-order valence-electron chi connectivity index (χ2n) is 6.17. The molecule has 21 heavy (non-hydrogen) atoms. The predicted molar refractivity (Wildman–Crippen MR) is 99.8 cm³/mol. The molecule has 120 valence electrons. The topological polar surface area (TPSA) is 24.9 Å². The third-order valence-corrected chi connectivity index (χ3v) is 8.55. The zero-order valence-corrected chi connectivity index (χ0v) is 16.3. The van der Waals surface area contributed by atoms with Crippen LogP contribution < -0.4 is 5.32 Å². The Hall–Kier alpha value is 0.290. The molecule has 0 saturated carbocycles. The van der Waals surface area contributed by atoms with Gasteiger partial charge in [0.25, 0.3) is 0 Å². The molecule has 1 saturated heterocycles. The van der Waals surface area contributed by atoms with E-state index in [9.17, 15) is 0 Å². The normalized spacial score (nSPS) is 26.5. The fourth-order valence-electron chi connectivity index (χ4n) is 2.34. The number of thiazole rings is 1. The van der Waals surface area contributed by atoms with Crippen molar-refractivity contribution in [1.29, 1.82) is 0 Å². The van der Waals surface area contributed by atoms with Gasteiger partial charge >= 0.3 is 0 Å². The zero-order chi connectivity index (χ0) is 15.4. The molecule has 5 heteroatoms.